The average molecular weight is 406 g/mol. The number of ether oxygens (including phenoxy) is 1. The molecular weight excluding hydrogens is 382 g/mol. The highest BCUT2D eigenvalue weighted by Gasteiger charge is 2.19. The third-order valence-corrected chi connectivity index (χ3v) is 6.29. The fourth-order valence-corrected chi connectivity index (χ4v) is 4.49. The van der Waals surface area contributed by atoms with E-state index in [1.165, 1.54) is 10.7 Å². The van der Waals surface area contributed by atoms with Crippen LogP contribution in [0, 0.1) is 5.82 Å². The summed E-state index contributed by atoms with van der Waals surface area (Å²) in [5.41, 5.74) is 2.25. The van der Waals surface area contributed by atoms with Crippen LogP contribution in [-0.2, 0) is 11.1 Å². The molecule has 8 nitrogen and oxygen atoms in total. The molecule has 1 aromatic heterocycles. The first-order chi connectivity index (χ1) is 13.5. The lowest BCUT2D eigenvalue weighted by atomic mass is 10.2. The summed E-state index contributed by atoms with van der Waals surface area (Å²) in [5.74, 6) is 0.218. The SMILES string of the molecule is CCNP(=O)(NCC)NCc1ccc(-n2nnc3cc(OC)ccc32)c(F)c1. The summed E-state index contributed by atoms with van der Waals surface area (Å²) in [5, 5.41) is 16.9. The van der Waals surface area contributed by atoms with Crippen molar-refractivity contribution < 1.29 is 13.7 Å². The number of methoxy groups -OCH3 is 1. The number of benzene rings is 2. The van der Waals surface area contributed by atoms with Crippen molar-refractivity contribution in [2.75, 3.05) is 20.2 Å². The smallest absolute Gasteiger partial charge is 0.279 e. The van der Waals surface area contributed by atoms with E-state index in [0.717, 1.165) is 0 Å². The third kappa shape index (κ3) is 4.39. The molecular formula is C18H24FN6O2P. The van der Waals surface area contributed by atoms with E-state index in [4.69, 9.17) is 4.74 Å². The number of hydrogen-bond acceptors (Lipinski definition) is 4. The number of nitrogens with one attached hydrogen (secondary N) is 3. The largest absolute Gasteiger partial charge is 0.497 e. The topological polar surface area (TPSA) is 93.1 Å². The van der Waals surface area contributed by atoms with Gasteiger partial charge in [-0.1, -0.05) is 25.1 Å². The zero-order valence-corrected chi connectivity index (χ0v) is 17.0. The van der Waals surface area contributed by atoms with Gasteiger partial charge in [-0.15, -0.1) is 5.10 Å². The Bertz CT molecular complexity index is 999. The first kappa shape index (κ1) is 20.4. The van der Waals surface area contributed by atoms with Gasteiger partial charge in [-0.25, -0.2) is 24.3 Å². The number of nitrogens with zero attached hydrogens (tertiary/aromatic N) is 3. The Morgan fingerprint density at radius 1 is 1.11 bits per heavy atom. The van der Waals surface area contributed by atoms with Gasteiger partial charge in [-0.2, -0.15) is 0 Å². The highest BCUT2D eigenvalue weighted by atomic mass is 31.2. The highest BCUT2D eigenvalue weighted by molar-refractivity contribution is 7.57. The quantitative estimate of drug-likeness (QED) is 0.471. The van der Waals surface area contributed by atoms with Gasteiger partial charge in [0.2, 0.25) is 0 Å². The fraction of sp³-hybridized carbons (Fsp3) is 0.333. The zero-order chi connectivity index (χ0) is 20.1. The molecule has 28 heavy (non-hydrogen) atoms. The Kier molecular flexibility index (Phi) is 6.41. The number of aromatic nitrogens is 3. The Hall–Kier alpha value is -2.32. The summed E-state index contributed by atoms with van der Waals surface area (Å²) < 4.78 is 34.0. The second-order valence-corrected chi connectivity index (χ2v) is 8.28. The van der Waals surface area contributed by atoms with Crippen LogP contribution in [0.2, 0.25) is 0 Å². The lowest BCUT2D eigenvalue weighted by Crippen LogP contribution is -2.31. The number of halogens is 1. The van der Waals surface area contributed by atoms with Crippen LogP contribution < -0.4 is 20.0 Å². The molecule has 0 aliphatic carbocycles. The summed E-state index contributed by atoms with van der Waals surface area (Å²) in [6, 6.07) is 10.1. The van der Waals surface area contributed by atoms with Crippen molar-refractivity contribution in [1.82, 2.24) is 30.3 Å². The lowest BCUT2D eigenvalue weighted by molar-refractivity contribution is 0.415. The molecule has 0 saturated heterocycles. The Balaban J connectivity index is 1.82. The van der Waals surface area contributed by atoms with Crippen LogP contribution in [0.25, 0.3) is 16.7 Å². The van der Waals surface area contributed by atoms with E-state index in [9.17, 15) is 8.96 Å². The average Bonchev–Trinajstić information content (AvgIpc) is 3.10. The van der Waals surface area contributed by atoms with Crippen molar-refractivity contribution in [2.45, 2.75) is 20.4 Å². The van der Waals surface area contributed by atoms with E-state index in [1.807, 2.05) is 13.8 Å². The number of hydrogen-bond donors (Lipinski definition) is 3. The molecule has 3 rings (SSSR count). The summed E-state index contributed by atoms with van der Waals surface area (Å²) >= 11 is 0. The van der Waals surface area contributed by atoms with Gasteiger partial charge in [0.15, 0.2) is 0 Å². The monoisotopic (exact) mass is 406 g/mol. The Labute approximate surface area is 163 Å². The Morgan fingerprint density at radius 2 is 1.86 bits per heavy atom. The number of fused-ring (bicyclic) bond motifs is 1. The molecule has 0 fully saturated rings. The van der Waals surface area contributed by atoms with Gasteiger partial charge in [0.25, 0.3) is 7.59 Å². The van der Waals surface area contributed by atoms with Crippen LogP contribution in [0.4, 0.5) is 4.39 Å². The molecule has 0 bridgehead atoms. The lowest BCUT2D eigenvalue weighted by Gasteiger charge is -2.20. The molecule has 0 radical (unpaired) electrons. The van der Waals surface area contributed by atoms with Crippen molar-refractivity contribution in [3.8, 4) is 11.4 Å². The summed E-state index contributed by atoms with van der Waals surface area (Å²) in [4.78, 5) is 0. The van der Waals surface area contributed by atoms with Crippen molar-refractivity contribution in [1.29, 1.82) is 0 Å². The maximum absolute atomic E-state index is 14.8. The van der Waals surface area contributed by atoms with E-state index >= 15 is 0 Å². The van der Waals surface area contributed by atoms with Gasteiger partial charge in [-0.3, -0.25) is 4.57 Å². The van der Waals surface area contributed by atoms with Gasteiger partial charge in [0.05, 0.1) is 12.6 Å². The van der Waals surface area contributed by atoms with E-state index < -0.39 is 13.4 Å². The van der Waals surface area contributed by atoms with Crippen LogP contribution in [0.5, 0.6) is 5.75 Å². The first-order valence-electron chi connectivity index (χ1n) is 9.03. The normalized spacial score (nSPS) is 11.9. The van der Waals surface area contributed by atoms with E-state index in [-0.39, 0.29) is 12.2 Å². The zero-order valence-electron chi connectivity index (χ0n) is 16.1. The molecule has 0 aliphatic heterocycles. The maximum atomic E-state index is 14.8. The fourth-order valence-electron chi connectivity index (χ4n) is 2.86. The summed E-state index contributed by atoms with van der Waals surface area (Å²) in [6.07, 6.45) is 0. The molecule has 150 valence electrons. The second kappa shape index (κ2) is 8.79. The van der Waals surface area contributed by atoms with Crippen molar-refractivity contribution in [3.05, 3.63) is 47.8 Å². The molecule has 0 aliphatic rings. The van der Waals surface area contributed by atoms with E-state index in [2.05, 4.69) is 25.6 Å². The van der Waals surface area contributed by atoms with Gasteiger partial charge >= 0.3 is 0 Å². The second-order valence-electron chi connectivity index (χ2n) is 6.11. The Morgan fingerprint density at radius 3 is 2.50 bits per heavy atom. The molecule has 0 saturated carbocycles. The van der Waals surface area contributed by atoms with Gasteiger partial charge in [0.1, 0.15) is 22.8 Å². The van der Waals surface area contributed by atoms with Gasteiger partial charge in [0, 0.05) is 25.7 Å². The molecule has 3 aromatic rings. The van der Waals surface area contributed by atoms with Gasteiger partial charge in [-0.05, 0) is 29.8 Å². The predicted octanol–water partition coefficient (Wildman–Crippen LogP) is 2.98. The van der Waals surface area contributed by atoms with E-state index in [0.29, 0.717) is 35.4 Å². The third-order valence-electron chi connectivity index (χ3n) is 4.16. The van der Waals surface area contributed by atoms with Crippen LogP contribution in [-0.4, -0.2) is 35.2 Å². The molecule has 0 amide bonds. The standard InChI is InChI=1S/C18H24FN6O2P/c1-4-20-28(26,21-5-2)22-12-13-6-8-17(15(19)10-13)25-18-9-7-14(27-3)11-16(18)23-24-25/h6-11H,4-5,12H2,1-3H3,(H3,20,21,22,26). The highest BCUT2D eigenvalue weighted by Crippen LogP contribution is 2.30. The molecule has 1 heterocycles. The van der Waals surface area contributed by atoms with Crippen molar-refractivity contribution in [2.24, 2.45) is 0 Å². The van der Waals surface area contributed by atoms with Gasteiger partial charge < -0.3 is 4.74 Å². The van der Waals surface area contributed by atoms with Crippen LogP contribution >= 0.6 is 7.59 Å². The maximum Gasteiger partial charge on any atom is 0.279 e. The molecule has 10 heteroatoms. The van der Waals surface area contributed by atoms with Crippen molar-refractivity contribution >= 4 is 18.6 Å². The number of rotatable bonds is 9. The molecule has 0 spiro atoms. The summed E-state index contributed by atoms with van der Waals surface area (Å²) in [6.45, 7) is 5.10. The minimum atomic E-state index is -2.91. The first-order valence-corrected chi connectivity index (χ1v) is 10.7. The van der Waals surface area contributed by atoms with Crippen LogP contribution in [0.15, 0.2) is 36.4 Å². The minimum Gasteiger partial charge on any atom is -0.497 e. The summed E-state index contributed by atoms with van der Waals surface area (Å²) in [7, 11) is -1.34. The minimum absolute atomic E-state index is 0.254. The molecule has 0 unspecified atom stereocenters. The van der Waals surface area contributed by atoms with Crippen LogP contribution in [0.1, 0.15) is 19.4 Å². The molecule has 2 aromatic carbocycles. The van der Waals surface area contributed by atoms with Crippen molar-refractivity contribution in [3.63, 3.8) is 0 Å². The van der Waals surface area contributed by atoms with E-state index in [1.54, 1.807) is 37.4 Å². The molecule has 0 atom stereocenters. The molecule has 3 N–H and O–H groups in total. The van der Waals surface area contributed by atoms with Crippen LogP contribution in [0.3, 0.4) is 0 Å². The predicted molar refractivity (Wildman–Crippen MR) is 107 cm³/mol.